The van der Waals surface area contributed by atoms with Gasteiger partial charge in [-0.25, -0.2) is 3.59 Å². The molecule has 0 saturated carbocycles. The number of nitrogens with zero attached hydrogens (tertiary/aromatic N) is 1. The van der Waals surface area contributed by atoms with Crippen LogP contribution in [0.15, 0.2) is 59.4 Å². The Morgan fingerprint density at radius 2 is 1.90 bits per heavy atom. The van der Waals surface area contributed by atoms with Crippen molar-refractivity contribution < 1.29 is 0 Å². The predicted molar refractivity (Wildman–Crippen MR) is 91.3 cm³/mol. The van der Waals surface area contributed by atoms with E-state index in [4.69, 9.17) is 11.6 Å². The Morgan fingerprint density at radius 1 is 1.10 bits per heavy atom. The van der Waals surface area contributed by atoms with Crippen molar-refractivity contribution in [2.45, 2.75) is 6.54 Å². The van der Waals surface area contributed by atoms with Crippen LogP contribution in [0, 0.1) is 0 Å². The van der Waals surface area contributed by atoms with Crippen molar-refractivity contribution >= 4 is 44.3 Å². The highest BCUT2D eigenvalue weighted by molar-refractivity contribution is 9.08. The third kappa shape index (κ3) is 2.96. The molecule has 3 nitrogen and oxygen atoms in total. The predicted octanol–water partition coefficient (Wildman–Crippen LogP) is 4.43. The number of rotatable bonds is 3. The average Bonchev–Trinajstić information content (AvgIpc) is 2.50. The Hall–Kier alpha value is -1.78. The summed E-state index contributed by atoms with van der Waals surface area (Å²) in [7, 11) is 0. The molecular weight excluding hydrogens is 352 g/mol. The molecule has 0 spiro atoms. The normalized spacial score (nSPS) is 10.8. The number of nitrogens with one attached hydrogen (secondary N) is 1. The quantitative estimate of drug-likeness (QED) is 0.747. The van der Waals surface area contributed by atoms with Gasteiger partial charge >= 0.3 is 0 Å². The summed E-state index contributed by atoms with van der Waals surface area (Å²) in [6, 6.07) is 17.0. The molecule has 5 heteroatoms. The number of aromatic nitrogens is 1. The van der Waals surface area contributed by atoms with E-state index in [9.17, 15) is 4.79 Å². The maximum absolute atomic E-state index is 12.0. The van der Waals surface area contributed by atoms with Crippen LogP contribution in [0.1, 0.15) is 5.56 Å². The van der Waals surface area contributed by atoms with Crippen molar-refractivity contribution in [1.29, 1.82) is 0 Å². The number of fused-ring (bicyclic) bond motifs is 1. The van der Waals surface area contributed by atoms with Crippen molar-refractivity contribution in [3.05, 3.63) is 75.5 Å². The Bertz CT molecular complexity index is 860. The number of para-hydroxylation sites is 1. The lowest BCUT2D eigenvalue weighted by Gasteiger charge is -2.11. The number of pyridine rings is 1. The number of hydrogen-bond donors (Lipinski definition) is 1. The van der Waals surface area contributed by atoms with E-state index in [0.717, 1.165) is 22.2 Å². The lowest BCUT2D eigenvalue weighted by molar-refractivity contribution is 1.14. The summed E-state index contributed by atoms with van der Waals surface area (Å²) in [6.07, 6.45) is 0. The molecule has 0 atom stereocenters. The summed E-state index contributed by atoms with van der Waals surface area (Å²) in [5.74, 6) is 0. The monoisotopic (exact) mass is 362 g/mol. The van der Waals surface area contributed by atoms with E-state index in [2.05, 4.69) is 21.5 Å². The largest absolute Gasteiger partial charge is 0.380 e. The van der Waals surface area contributed by atoms with Crippen LogP contribution >= 0.6 is 27.7 Å². The third-order valence-corrected chi connectivity index (χ3v) is 4.21. The Labute approximate surface area is 135 Å². The summed E-state index contributed by atoms with van der Waals surface area (Å²) < 4.78 is 1.47. The Morgan fingerprint density at radius 3 is 2.71 bits per heavy atom. The smallest absolute Gasteiger partial charge is 0.263 e. The molecule has 0 amide bonds. The van der Waals surface area contributed by atoms with E-state index in [1.165, 1.54) is 3.59 Å². The van der Waals surface area contributed by atoms with Crippen LogP contribution < -0.4 is 10.9 Å². The molecule has 1 aromatic heterocycles. The molecular formula is C16H12BrClN2O. The summed E-state index contributed by atoms with van der Waals surface area (Å²) in [5.41, 5.74) is 2.60. The maximum Gasteiger partial charge on any atom is 0.263 e. The number of halogens is 2. The number of hydrogen-bond acceptors (Lipinski definition) is 2. The maximum atomic E-state index is 12.0. The molecule has 0 radical (unpaired) electrons. The first kappa shape index (κ1) is 14.2. The van der Waals surface area contributed by atoms with Gasteiger partial charge in [0.15, 0.2) is 0 Å². The van der Waals surface area contributed by atoms with E-state index in [1.807, 2.05) is 48.5 Å². The van der Waals surface area contributed by atoms with Gasteiger partial charge in [-0.1, -0.05) is 41.9 Å². The molecule has 1 N–H and O–H groups in total. The van der Waals surface area contributed by atoms with Crippen LogP contribution in [0.25, 0.3) is 10.9 Å². The van der Waals surface area contributed by atoms with Crippen LogP contribution in [-0.2, 0) is 6.54 Å². The van der Waals surface area contributed by atoms with Gasteiger partial charge < -0.3 is 5.32 Å². The highest BCUT2D eigenvalue weighted by Gasteiger charge is 2.06. The molecule has 21 heavy (non-hydrogen) atoms. The number of anilines is 1. The fourth-order valence-electron chi connectivity index (χ4n) is 2.24. The van der Waals surface area contributed by atoms with Crippen molar-refractivity contribution in [2.24, 2.45) is 0 Å². The van der Waals surface area contributed by atoms with Gasteiger partial charge in [-0.15, -0.1) is 0 Å². The molecule has 0 aliphatic rings. The van der Waals surface area contributed by atoms with Crippen molar-refractivity contribution in [1.82, 2.24) is 3.59 Å². The zero-order chi connectivity index (χ0) is 14.8. The Kier molecular flexibility index (Phi) is 3.99. The minimum absolute atomic E-state index is 0.109. The first-order valence-electron chi connectivity index (χ1n) is 6.44. The van der Waals surface area contributed by atoms with Crippen LogP contribution in [-0.4, -0.2) is 3.59 Å². The lowest BCUT2D eigenvalue weighted by Crippen LogP contribution is -2.13. The van der Waals surface area contributed by atoms with E-state index in [1.54, 1.807) is 6.07 Å². The van der Waals surface area contributed by atoms with Crippen LogP contribution in [0.4, 0.5) is 5.69 Å². The zero-order valence-corrected chi connectivity index (χ0v) is 13.4. The minimum Gasteiger partial charge on any atom is -0.380 e. The second-order valence-electron chi connectivity index (χ2n) is 4.68. The molecule has 1 heterocycles. The van der Waals surface area contributed by atoms with Gasteiger partial charge in [0.2, 0.25) is 0 Å². The van der Waals surface area contributed by atoms with Crippen molar-refractivity contribution in [2.75, 3.05) is 5.32 Å². The zero-order valence-electron chi connectivity index (χ0n) is 11.0. The third-order valence-electron chi connectivity index (χ3n) is 3.24. The topological polar surface area (TPSA) is 34.0 Å². The first-order chi connectivity index (χ1) is 10.1. The average molecular weight is 364 g/mol. The summed E-state index contributed by atoms with van der Waals surface area (Å²) in [6.45, 7) is 0.607. The van der Waals surface area contributed by atoms with Crippen molar-refractivity contribution in [3.63, 3.8) is 0 Å². The molecule has 3 aromatic rings. The van der Waals surface area contributed by atoms with E-state index < -0.39 is 0 Å². The van der Waals surface area contributed by atoms with Crippen LogP contribution in [0.3, 0.4) is 0 Å². The second kappa shape index (κ2) is 5.92. The second-order valence-corrected chi connectivity index (χ2v) is 5.82. The molecule has 106 valence electrons. The SMILES string of the molecule is O=c1cc(NCc2cccc(Cl)c2)c2ccccc2n1Br. The van der Waals surface area contributed by atoms with Gasteiger partial charge in [-0.3, -0.25) is 4.79 Å². The van der Waals surface area contributed by atoms with Crippen LogP contribution in [0.5, 0.6) is 0 Å². The number of benzene rings is 2. The van der Waals surface area contributed by atoms with Crippen LogP contribution in [0.2, 0.25) is 5.02 Å². The summed E-state index contributed by atoms with van der Waals surface area (Å²) >= 11 is 9.26. The van der Waals surface area contributed by atoms with Gasteiger partial charge in [-0.2, -0.15) is 0 Å². The molecule has 0 aliphatic heterocycles. The minimum atomic E-state index is -0.109. The highest BCUT2D eigenvalue weighted by Crippen LogP contribution is 2.23. The standard InChI is InChI=1S/C16H12BrClN2O/c17-20-15-7-2-1-6-13(15)14(9-16(20)21)19-10-11-4-3-5-12(18)8-11/h1-9,19H,10H2. The molecule has 0 saturated heterocycles. The molecule has 0 fully saturated rings. The fraction of sp³-hybridized carbons (Fsp3) is 0.0625. The molecule has 0 aliphatic carbocycles. The van der Waals surface area contributed by atoms with E-state index >= 15 is 0 Å². The van der Waals surface area contributed by atoms with Gasteiger partial charge in [0.05, 0.1) is 21.7 Å². The molecule has 0 bridgehead atoms. The molecule has 3 rings (SSSR count). The molecule has 2 aromatic carbocycles. The summed E-state index contributed by atoms with van der Waals surface area (Å²) in [5, 5.41) is 4.99. The van der Waals surface area contributed by atoms with E-state index in [-0.39, 0.29) is 5.56 Å². The summed E-state index contributed by atoms with van der Waals surface area (Å²) in [4.78, 5) is 12.0. The van der Waals surface area contributed by atoms with Crippen molar-refractivity contribution in [3.8, 4) is 0 Å². The van der Waals surface area contributed by atoms with Gasteiger partial charge in [-0.05, 0) is 23.8 Å². The fourth-order valence-corrected chi connectivity index (χ4v) is 2.86. The van der Waals surface area contributed by atoms with Gasteiger partial charge in [0, 0.05) is 28.7 Å². The first-order valence-corrected chi connectivity index (χ1v) is 7.53. The molecule has 0 unspecified atom stereocenters. The van der Waals surface area contributed by atoms with E-state index in [0.29, 0.717) is 11.6 Å². The highest BCUT2D eigenvalue weighted by atomic mass is 79.9. The van der Waals surface area contributed by atoms with Gasteiger partial charge in [0.25, 0.3) is 5.56 Å². The lowest BCUT2D eigenvalue weighted by atomic mass is 10.1. The Balaban J connectivity index is 1.98. The van der Waals surface area contributed by atoms with Gasteiger partial charge in [0.1, 0.15) is 0 Å².